The number of aryl methyl sites for hydroxylation is 2. The fourth-order valence-electron chi connectivity index (χ4n) is 1.54. The molecule has 0 fully saturated rings. The van der Waals surface area contributed by atoms with Crippen LogP contribution in [0.15, 0.2) is 24.3 Å². The molecule has 0 saturated carbocycles. The highest BCUT2D eigenvalue weighted by Crippen LogP contribution is 2.21. The molecule has 3 heteroatoms. The van der Waals surface area contributed by atoms with E-state index in [1.54, 1.807) is 22.7 Å². The zero-order valence-electron chi connectivity index (χ0n) is 9.45. The molecule has 0 aliphatic rings. The van der Waals surface area contributed by atoms with E-state index < -0.39 is 0 Å². The van der Waals surface area contributed by atoms with Gasteiger partial charge in [-0.2, -0.15) is 0 Å². The van der Waals surface area contributed by atoms with Gasteiger partial charge in [0.05, 0.1) is 4.88 Å². The molecule has 0 aliphatic heterocycles. The van der Waals surface area contributed by atoms with Crippen LogP contribution in [0, 0.1) is 6.92 Å². The molecule has 0 radical (unpaired) electrons. The van der Waals surface area contributed by atoms with Crippen LogP contribution < -0.4 is 0 Å². The van der Waals surface area contributed by atoms with Crippen molar-refractivity contribution in [1.29, 1.82) is 0 Å². The van der Waals surface area contributed by atoms with Gasteiger partial charge in [-0.25, -0.2) is 0 Å². The summed E-state index contributed by atoms with van der Waals surface area (Å²) < 4.78 is 0. The number of carbonyl (C=O) groups is 1. The molecule has 0 bridgehead atoms. The third-order valence-corrected chi connectivity index (χ3v) is 4.69. The largest absolute Gasteiger partial charge is 0.293 e. The van der Waals surface area contributed by atoms with E-state index in [4.69, 9.17) is 0 Å². The fourth-order valence-corrected chi connectivity index (χ4v) is 3.30. The molecule has 2 aromatic rings. The highest BCUT2D eigenvalue weighted by molar-refractivity contribution is 7.14. The van der Waals surface area contributed by atoms with Crippen molar-refractivity contribution in [2.45, 2.75) is 26.7 Å². The SMILES string of the molecule is CCc1ccc(CC(=O)c2ccc(C)s2)s1. The molecule has 16 heavy (non-hydrogen) atoms. The molecule has 0 amide bonds. The monoisotopic (exact) mass is 250 g/mol. The van der Waals surface area contributed by atoms with Crippen LogP contribution in [0.25, 0.3) is 0 Å². The second-order valence-electron chi connectivity index (χ2n) is 3.73. The zero-order chi connectivity index (χ0) is 11.5. The molecule has 0 aliphatic carbocycles. The summed E-state index contributed by atoms with van der Waals surface area (Å²) in [6.45, 7) is 4.17. The van der Waals surface area contributed by atoms with Crippen LogP contribution in [0.5, 0.6) is 0 Å². The fraction of sp³-hybridized carbons (Fsp3) is 0.308. The Kier molecular flexibility index (Phi) is 3.56. The van der Waals surface area contributed by atoms with E-state index in [0.29, 0.717) is 6.42 Å². The number of rotatable bonds is 4. The van der Waals surface area contributed by atoms with E-state index in [1.165, 1.54) is 14.6 Å². The first-order valence-electron chi connectivity index (χ1n) is 5.36. The Labute approximate surface area is 104 Å². The summed E-state index contributed by atoms with van der Waals surface area (Å²) in [5.41, 5.74) is 0. The Morgan fingerprint density at radius 2 is 1.88 bits per heavy atom. The highest BCUT2D eigenvalue weighted by atomic mass is 32.1. The van der Waals surface area contributed by atoms with Crippen LogP contribution in [-0.4, -0.2) is 5.78 Å². The molecular weight excluding hydrogens is 236 g/mol. The van der Waals surface area contributed by atoms with Crippen LogP contribution >= 0.6 is 22.7 Å². The van der Waals surface area contributed by atoms with Gasteiger partial charge in [0, 0.05) is 21.1 Å². The van der Waals surface area contributed by atoms with Crippen LogP contribution in [0.2, 0.25) is 0 Å². The summed E-state index contributed by atoms with van der Waals surface area (Å²) in [6.07, 6.45) is 1.60. The first-order valence-corrected chi connectivity index (χ1v) is 6.99. The van der Waals surface area contributed by atoms with Crippen molar-refractivity contribution in [3.63, 3.8) is 0 Å². The van der Waals surface area contributed by atoms with Gasteiger partial charge in [-0.1, -0.05) is 6.92 Å². The maximum absolute atomic E-state index is 11.9. The Bertz CT molecular complexity index is 494. The lowest BCUT2D eigenvalue weighted by Gasteiger charge is -1.94. The van der Waals surface area contributed by atoms with Gasteiger partial charge < -0.3 is 0 Å². The van der Waals surface area contributed by atoms with Gasteiger partial charge in [0.2, 0.25) is 0 Å². The van der Waals surface area contributed by atoms with Crippen LogP contribution in [0.4, 0.5) is 0 Å². The predicted octanol–water partition coefficient (Wildman–Crippen LogP) is 4.11. The normalized spacial score (nSPS) is 10.6. The molecule has 0 unspecified atom stereocenters. The van der Waals surface area contributed by atoms with Gasteiger partial charge in [0.15, 0.2) is 5.78 Å². The number of hydrogen-bond donors (Lipinski definition) is 0. The Morgan fingerprint density at radius 3 is 2.44 bits per heavy atom. The Hall–Kier alpha value is -0.930. The summed E-state index contributed by atoms with van der Waals surface area (Å²) in [5, 5.41) is 0. The average Bonchev–Trinajstić information content (AvgIpc) is 2.87. The van der Waals surface area contributed by atoms with Crippen molar-refractivity contribution in [2.24, 2.45) is 0 Å². The third kappa shape index (κ3) is 2.60. The summed E-state index contributed by atoms with van der Waals surface area (Å²) in [4.78, 5) is 16.5. The molecule has 0 spiro atoms. The van der Waals surface area contributed by atoms with Gasteiger partial charge in [-0.3, -0.25) is 4.79 Å². The van der Waals surface area contributed by atoms with Gasteiger partial charge >= 0.3 is 0 Å². The van der Waals surface area contributed by atoms with Crippen molar-refractivity contribution >= 4 is 28.5 Å². The maximum atomic E-state index is 11.9. The van der Waals surface area contributed by atoms with Gasteiger partial charge in [0.1, 0.15) is 0 Å². The van der Waals surface area contributed by atoms with E-state index >= 15 is 0 Å². The number of carbonyl (C=O) groups excluding carboxylic acids is 1. The zero-order valence-corrected chi connectivity index (χ0v) is 11.1. The summed E-state index contributed by atoms with van der Waals surface area (Å²) in [7, 11) is 0. The topological polar surface area (TPSA) is 17.1 Å². The molecule has 0 aromatic carbocycles. The quantitative estimate of drug-likeness (QED) is 0.746. The van der Waals surface area contributed by atoms with Crippen molar-refractivity contribution in [3.8, 4) is 0 Å². The molecule has 0 saturated heterocycles. The smallest absolute Gasteiger partial charge is 0.177 e. The number of Topliss-reactive ketones (excluding diaryl/α,β-unsaturated/α-hetero) is 1. The van der Waals surface area contributed by atoms with Crippen molar-refractivity contribution in [3.05, 3.63) is 43.8 Å². The first kappa shape index (κ1) is 11.6. The molecule has 84 valence electrons. The van der Waals surface area contributed by atoms with E-state index in [9.17, 15) is 4.79 Å². The number of hydrogen-bond acceptors (Lipinski definition) is 3. The molecule has 1 nitrogen and oxygen atoms in total. The number of ketones is 1. The van der Waals surface area contributed by atoms with E-state index in [1.807, 2.05) is 19.1 Å². The second kappa shape index (κ2) is 4.93. The van der Waals surface area contributed by atoms with E-state index in [-0.39, 0.29) is 5.78 Å². The molecule has 0 atom stereocenters. The second-order valence-corrected chi connectivity index (χ2v) is 6.27. The molecular formula is C13H14OS2. The first-order chi connectivity index (χ1) is 7.69. The lowest BCUT2D eigenvalue weighted by atomic mass is 10.2. The van der Waals surface area contributed by atoms with E-state index in [0.717, 1.165) is 11.3 Å². The third-order valence-electron chi connectivity index (χ3n) is 2.42. The van der Waals surface area contributed by atoms with Crippen LogP contribution in [-0.2, 0) is 12.8 Å². The predicted molar refractivity (Wildman–Crippen MR) is 70.8 cm³/mol. The van der Waals surface area contributed by atoms with E-state index in [2.05, 4.69) is 19.1 Å². The van der Waals surface area contributed by atoms with Gasteiger partial charge in [-0.15, -0.1) is 22.7 Å². The molecule has 0 N–H and O–H groups in total. The van der Waals surface area contributed by atoms with Crippen LogP contribution in [0.1, 0.15) is 31.2 Å². The summed E-state index contributed by atoms with van der Waals surface area (Å²) in [5.74, 6) is 0.239. The lowest BCUT2D eigenvalue weighted by molar-refractivity contribution is 0.0997. The Balaban J connectivity index is 2.07. The van der Waals surface area contributed by atoms with Crippen molar-refractivity contribution in [2.75, 3.05) is 0 Å². The average molecular weight is 250 g/mol. The maximum Gasteiger partial charge on any atom is 0.177 e. The minimum Gasteiger partial charge on any atom is -0.293 e. The summed E-state index contributed by atoms with van der Waals surface area (Å²) >= 11 is 3.33. The molecule has 2 heterocycles. The minimum absolute atomic E-state index is 0.239. The Morgan fingerprint density at radius 1 is 1.12 bits per heavy atom. The molecule has 2 rings (SSSR count). The standard InChI is InChI=1S/C13H14OS2/c1-3-10-5-6-11(16-10)8-12(14)13-7-4-9(2)15-13/h4-7H,3,8H2,1-2H3. The molecule has 2 aromatic heterocycles. The lowest BCUT2D eigenvalue weighted by Crippen LogP contribution is -1.98. The van der Waals surface area contributed by atoms with Crippen LogP contribution in [0.3, 0.4) is 0 Å². The highest BCUT2D eigenvalue weighted by Gasteiger charge is 2.10. The van der Waals surface area contributed by atoms with Gasteiger partial charge in [-0.05, 0) is 37.6 Å². The summed E-state index contributed by atoms with van der Waals surface area (Å²) in [6, 6.07) is 8.12. The van der Waals surface area contributed by atoms with Crippen molar-refractivity contribution in [1.82, 2.24) is 0 Å². The van der Waals surface area contributed by atoms with Gasteiger partial charge in [0.25, 0.3) is 0 Å². The number of thiophene rings is 2. The van der Waals surface area contributed by atoms with Crippen molar-refractivity contribution < 1.29 is 4.79 Å². The minimum atomic E-state index is 0.239.